The Balaban J connectivity index is 2.34. The number of likely N-dealkylation sites (N-methyl/N-ethyl adjacent to an activating group) is 1. The zero-order chi connectivity index (χ0) is 13.9. The Kier molecular flexibility index (Phi) is 9.03. The summed E-state index contributed by atoms with van der Waals surface area (Å²) in [4.78, 5) is 0. The smallest absolute Gasteiger partial charge is 0.0950 e. The van der Waals surface area contributed by atoms with Crippen molar-refractivity contribution in [3.63, 3.8) is 0 Å². The van der Waals surface area contributed by atoms with Gasteiger partial charge < -0.3 is 19.5 Å². The molecule has 0 saturated carbocycles. The molecule has 0 aliphatic rings. The van der Waals surface area contributed by atoms with Gasteiger partial charge in [0.2, 0.25) is 0 Å². The van der Waals surface area contributed by atoms with Crippen molar-refractivity contribution in [1.82, 2.24) is 5.32 Å². The van der Waals surface area contributed by atoms with Gasteiger partial charge in [-0.25, -0.2) is 0 Å². The minimum Gasteiger partial charge on any atom is -0.382 e. The lowest BCUT2D eigenvalue weighted by atomic mass is 10.1. The van der Waals surface area contributed by atoms with Crippen LogP contribution in [-0.2, 0) is 14.2 Å². The van der Waals surface area contributed by atoms with Gasteiger partial charge in [-0.15, -0.1) is 0 Å². The molecule has 1 N–H and O–H groups in total. The number of ether oxygens (including phenoxy) is 3. The first kappa shape index (κ1) is 16.6. The minimum atomic E-state index is 0.0455. The highest BCUT2D eigenvalue weighted by Gasteiger charge is 2.10. The number of benzene rings is 1. The van der Waals surface area contributed by atoms with Crippen molar-refractivity contribution in [1.29, 1.82) is 0 Å². The van der Waals surface area contributed by atoms with Gasteiger partial charge in [-0.1, -0.05) is 28.1 Å². The number of hydrogen-bond acceptors (Lipinski definition) is 4. The van der Waals surface area contributed by atoms with Crippen molar-refractivity contribution >= 4 is 15.9 Å². The highest BCUT2D eigenvalue weighted by molar-refractivity contribution is 9.10. The fourth-order valence-corrected chi connectivity index (χ4v) is 1.89. The quantitative estimate of drug-likeness (QED) is 0.668. The van der Waals surface area contributed by atoms with E-state index in [9.17, 15) is 0 Å². The fourth-order valence-electron chi connectivity index (χ4n) is 1.63. The lowest BCUT2D eigenvalue weighted by Gasteiger charge is -2.18. The van der Waals surface area contributed by atoms with Crippen LogP contribution in [0.15, 0.2) is 28.7 Å². The summed E-state index contributed by atoms with van der Waals surface area (Å²) in [6.45, 7) is 3.16. The van der Waals surface area contributed by atoms with Crippen molar-refractivity contribution < 1.29 is 14.2 Å². The van der Waals surface area contributed by atoms with Crippen molar-refractivity contribution in [2.24, 2.45) is 0 Å². The van der Waals surface area contributed by atoms with Gasteiger partial charge in [-0.2, -0.15) is 0 Å². The third-order valence-corrected chi connectivity index (χ3v) is 3.14. The maximum atomic E-state index is 5.85. The average Bonchev–Trinajstić information content (AvgIpc) is 2.42. The van der Waals surface area contributed by atoms with E-state index in [1.807, 2.05) is 19.2 Å². The molecule has 19 heavy (non-hydrogen) atoms. The van der Waals surface area contributed by atoms with E-state index in [1.165, 1.54) is 0 Å². The zero-order valence-electron chi connectivity index (χ0n) is 11.5. The molecule has 0 amide bonds. The van der Waals surface area contributed by atoms with Gasteiger partial charge in [0, 0.05) is 18.1 Å². The Hall–Kier alpha value is -0.460. The van der Waals surface area contributed by atoms with Gasteiger partial charge in [0.25, 0.3) is 0 Å². The standard InChI is InChI=1S/C14H22BrNO3/c1-16-11-14(12-3-5-13(15)6-4-12)19-10-9-18-8-7-17-2/h3-6,14,16H,7-11H2,1-2H3. The molecule has 0 radical (unpaired) electrons. The first-order valence-corrected chi connectivity index (χ1v) is 7.15. The summed E-state index contributed by atoms with van der Waals surface area (Å²) >= 11 is 3.43. The van der Waals surface area contributed by atoms with Crippen LogP contribution in [0.3, 0.4) is 0 Å². The highest BCUT2D eigenvalue weighted by Crippen LogP contribution is 2.19. The molecule has 108 valence electrons. The molecule has 0 aromatic heterocycles. The van der Waals surface area contributed by atoms with Gasteiger partial charge in [0.05, 0.1) is 32.5 Å². The molecule has 1 rings (SSSR count). The Bertz CT molecular complexity index is 332. The first-order chi connectivity index (χ1) is 9.27. The van der Waals surface area contributed by atoms with Gasteiger partial charge in [0.1, 0.15) is 0 Å². The summed E-state index contributed by atoms with van der Waals surface area (Å²) in [6.07, 6.45) is 0.0455. The average molecular weight is 332 g/mol. The van der Waals surface area contributed by atoms with Crippen molar-refractivity contribution in [3.05, 3.63) is 34.3 Å². The topological polar surface area (TPSA) is 39.7 Å². The van der Waals surface area contributed by atoms with Crippen LogP contribution in [-0.4, -0.2) is 47.1 Å². The minimum absolute atomic E-state index is 0.0455. The number of hydrogen-bond donors (Lipinski definition) is 1. The molecule has 1 atom stereocenters. The normalized spacial score (nSPS) is 12.6. The van der Waals surface area contributed by atoms with Crippen LogP contribution in [0.4, 0.5) is 0 Å². The number of nitrogens with one attached hydrogen (secondary N) is 1. The van der Waals surface area contributed by atoms with Gasteiger partial charge in [-0.05, 0) is 24.7 Å². The fraction of sp³-hybridized carbons (Fsp3) is 0.571. The molecular weight excluding hydrogens is 310 g/mol. The molecule has 5 heteroatoms. The number of rotatable bonds is 10. The number of methoxy groups -OCH3 is 1. The van der Waals surface area contributed by atoms with E-state index in [4.69, 9.17) is 14.2 Å². The predicted octanol–water partition coefficient (Wildman–Crippen LogP) is 2.39. The van der Waals surface area contributed by atoms with Crippen molar-refractivity contribution in [3.8, 4) is 0 Å². The van der Waals surface area contributed by atoms with Crippen LogP contribution >= 0.6 is 15.9 Å². The molecule has 0 aliphatic carbocycles. The first-order valence-electron chi connectivity index (χ1n) is 6.36. The van der Waals surface area contributed by atoms with Crippen molar-refractivity contribution in [2.45, 2.75) is 6.10 Å². The molecule has 1 aromatic rings. The Morgan fingerprint density at radius 2 is 1.79 bits per heavy atom. The molecular formula is C14H22BrNO3. The van der Waals surface area contributed by atoms with Crippen LogP contribution < -0.4 is 5.32 Å². The molecule has 0 bridgehead atoms. The molecule has 1 unspecified atom stereocenters. The van der Waals surface area contributed by atoms with Crippen LogP contribution in [0.25, 0.3) is 0 Å². The maximum Gasteiger partial charge on any atom is 0.0950 e. The second-order valence-corrected chi connectivity index (χ2v) is 4.99. The van der Waals surface area contributed by atoms with E-state index in [-0.39, 0.29) is 6.10 Å². The zero-order valence-corrected chi connectivity index (χ0v) is 13.1. The number of halogens is 1. The van der Waals surface area contributed by atoms with Crippen LogP contribution in [0.5, 0.6) is 0 Å². The molecule has 4 nitrogen and oxygen atoms in total. The molecule has 0 heterocycles. The monoisotopic (exact) mass is 331 g/mol. The van der Waals surface area contributed by atoms with E-state index in [2.05, 4.69) is 33.4 Å². The summed E-state index contributed by atoms with van der Waals surface area (Å²) in [7, 11) is 3.58. The Labute approximate surface area is 123 Å². The summed E-state index contributed by atoms with van der Waals surface area (Å²) in [5.74, 6) is 0. The van der Waals surface area contributed by atoms with Crippen LogP contribution in [0, 0.1) is 0 Å². The second-order valence-electron chi connectivity index (χ2n) is 4.07. The van der Waals surface area contributed by atoms with E-state index in [1.54, 1.807) is 7.11 Å². The van der Waals surface area contributed by atoms with Gasteiger partial charge in [-0.3, -0.25) is 0 Å². The summed E-state index contributed by atoms with van der Waals surface area (Å²) in [6, 6.07) is 8.18. The van der Waals surface area contributed by atoms with E-state index in [0.29, 0.717) is 26.4 Å². The highest BCUT2D eigenvalue weighted by atomic mass is 79.9. The summed E-state index contributed by atoms with van der Waals surface area (Å²) in [5, 5.41) is 3.14. The van der Waals surface area contributed by atoms with E-state index >= 15 is 0 Å². The van der Waals surface area contributed by atoms with E-state index in [0.717, 1.165) is 16.6 Å². The second kappa shape index (κ2) is 10.3. The molecule has 0 spiro atoms. The molecule has 1 aromatic carbocycles. The Morgan fingerprint density at radius 3 is 2.42 bits per heavy atom. The van der Waals surface area contributed by atoms with Crippen LogP contribution in [0.1, 0.15) is 11.7 Å². The van der Waals surface area contributed by atoms with Crippen LogP contribution in [0.2, 0.25) is 0 Å². The molecule has 0 fully saturated rings. The lowest BCUT2D eigenvalue weighted by Crippen LogP contribution is -2.21. The van der Waals surface area contributed by atoms with E-state index < -0.39 is 0 Å². The summed E-state index contributed by atoms with van der Waals surface area (Å²) < 4.78 is 17.2. The SMILES string of the molecule is CNCC(OCCOCCOC)c1ccc(Br)cc1. The Morgan fingerprint density at radius 1 is 1.11 bits per heavy atom. The lowest BCUT2D eigenvalue weighted by molar-refractivity contribution is -0.00631. The van der Waals surface area contributed by atoms with Gasteiger partial charge in [0.15, 0.2) is 0 Å². The van der Waals surface area contributed by atoms with Gasteiger partial charge >= 0.3 is 0 Å². The molecule has 0 aliphatic heterocycles. The maximum absolute atomic E-state index is 5.85. The largest absolute Gasteiger partial charge is 0.382 e. The van der Waals surface area contributed by atoms with Crippen molar-refractivity contribution in [2.75, 3.05) is 47.1 Å². The summed E-state index contributed by atoms with van der Waals surface area (Å²) in [5.41, 5.74) is 1.16. The third-order valence-electron chi connectivity index (χ3n) is 2.61. The molecule has 0 saturated heterocycles. The third kappa shape index (κ3) is 7.03. The predicted molar refractivity (Wildman–Crippen MR) is 79.5 cm³/mol.